The molecule has 1 aliphatic heterocycles. The van der Waals surface area contributed by atoms with Crippen molar-refractivity contribution in [3.63, 3.8) is 0 Å². The molecule has 0 spiro atoms. The predicted molar refractivity (Wildman–Crippen MR) is 83.9 cm³/mol. The summed E-state index contributed by atoms with van der Waals surface area (Å²) in [4.78, 5) is 22.8. The minimum Gasteiger partial charge on any atom is -0.454 e. The zero-order valence-electron chi connectivity index (χ0n) is 12.9. The molecule has 4 rings (SSSR count). The summed E-state index contributed by atoms with van der Waals surface area (Å²) in [7, 11) is 0. The van der Waals surface area contributed by atoms with Crippen LogP contribution < -0.4 is 14.9 Å². The molecule has 8 heteroatoms. The van der Waals surface area contributed by atoms with Crippen molar-refractivity contribution >= 4 is 17.8 Å². The highest BCUT2D eigenvalue weighted by atomic mass is 16.7. The maximum absolute atomic E-state index is 12.2. The molecule has 1 amide bonds. The van der Waals surface area contributed by atoms with Crippen molar-refractivity contribution in [2.45, 2.75) is 25.7 Å². The van der Waals surface area contributed by atoms with Gasteiger partial charge in [-0.05, 0) is 30.7 Å². The molecule has 0 saturated heterocycles. The van der Waals surface area contributed by atoms with Gasteiger partial charge in [-0.2, -0.15) is 5.10 Å². The largest absolute Gasteiger partial charge is 0.454 e. The molecule has 1 heterocycles. The Bertz CT molecular complexity index is 721. The second kappa shape index (κ2) is 5.77. The number of hydrogen-bond donors (Lipinski definition) is 1. The minimum atomic E-state index is -0.513. The van der Waals surface area contributed by atoms with E-state index in [2.05, 4.69) is 10.5 Å². The smallest absolute Gasteiger partial charge is 0.282 e. The zero-order valence-corrected chi connectivity index (χ0v) is 12.9. The lowest BCUT2D eigenvalue weighted by atomic mass is 10.0. The summed E-state index contributed by atoms with van der Waals surface area (Å²) in [6.07, 6.45) is 5.89. The minimum absolute atomic E-state index is 0.0360. The van der Waals surface area contributed by atoms with Gasteiger partial charge in [0.05, 0.1) is 22.8 Å². The van der Waals surface area contributed by atoms with Crippen molar-refractivity contribution in [3.05, 3.63) is 27.8 Å². The highest BCUT2D eigenvalue weighted by Crippen LogP contribution is 2.55. The maximum atomic E-state index is 12.2. The van der Waals surface area contributed by atoms with Crippen LogP contribution in [0.2, 0.25) is 0 Å². The average Bonchev–Trinajstić information content (AvgIpc) is 3.13. The third kappa shape index (κ3) is 2.57. The Labute approximate surface area is 138 Å². The quantitative estimate of drug-likeness (QED) is 0.517. The fourth-order valence-corrected chi connectivity index (χ4v) is 3.83. The molecule has 126 valence electrons. The number of rotatable bonds is 4. The number of hydrogen-bond acceptors (Lipinski definition) is 6. The molecule has 2 saturated carbocycles. The first kappa shape index (κ1) is 14.9. The van der Waals surface area contributed by atoms with Crippen LogP contribution in [0, 0.1) is 27.9 Å². The van der Waals surface area contributed by atoms with Gasteiger partial charge < -0.3 is 9.47 Å². The Morgan fingerprint density at radius 1 is 1.25 bits per heavy atom. The number of nitro groups is 1. The predicted octanol–water partition coefficient (Wildman–Crippen LogP) is 2.21. The molecular formula is C16H17N3O5. The lowest BCUT2D eigenvalue weighted by Crippen LogP contribution is -2.20. The Kier molecular flexibility index (Phi) is 3.59. The van der Waals surface area contributed by atoms with Gasteiger partial charge in [0.1, 0.15) is 0 Å². The first-order valence-corrected chi connectivity index (χ1v) is 8.06. The van der Waals surface area contributed by atoms with Gasteiger partial charge in [-0.25, -0.2) is 5.43 Å². The monoisotopic (exact) mass is 331 g/mol. The van der Waals surface area contributed by atoms with E-state index < -0.39 is 4.92 Å². The number of benzene rings is 1. The van der Waals surface area contributed by atoms with Crippen molar-refractivity contribution in [1.29, 1.82) is 0 Å². The second-order valence-electron chi connectivity index (χ2n) is 6.39. The van der Waals surface area contributed by atoms with Gasteiger partial charge >= 0.3 is 0 Å². The summed E-state index contributed by atoms with van der Waals surface area (Å²) in [6, 6.07) is 2.80. The summed E-state index contributed by atoms with van der Waals surface area (Å²) in [5, 5.41) is 15.1. The second-order valence-corrected chi connectivity index (χ2v) is 6.39. The van der Waals surface area contributed by atoms with Crippen LogP contribution in [-0.2, 0) is 4.79 Å². The first-order chi connectivity index (χ1) is 11.6. The van der Waals surface area contributed by atoms with Gasteiger partial charge in [-0.3, -0.25) is 14.9 Å². The normalized spacial score (nSPS) is 26.9. The summed E-state index contributed by atoms with van der Waals surface area (Å²) in [5.41, 5.74) is 2.64. The van der Waals surface area contributed by atoms with E-state index in [0.717, 1.165) is 12.8 Å². The molecule has 0 radical (unpaired) electrons. The Balaban J connectivity index is 1.46. The van der Waals surface area contributed by atoms with E-state index in [0.29, 0.717) is 23.3 Å². The van der Waals surface area contributed by atoms with Gasteiger partial charge in [0.2, 0.25) is 12.7 Å². The van der Waals surface area contributed by atoms with E-state index in [1.54, 1.807) is 0 Å². The number of ether oxygens (including phenoxy) is 2. The molecule has 8 nitrogen and oxygen atoms in total. The van der Waals surface area contributed by atoms with Crippen LogP contribution in [0.5, 0.6) is 11.5 Å². The van der Waals surface area contributed by atoms with Crippen LogP contribution in [0.1, 0.15) is 31.2 Å². The highest BCUT2D eigenvalue weighted by Gasteiger charge is 2.54. The molecule has 0 bridgehead atoms. The third-order valence-electron chi connectivity index (χ3n) is 5.06. The maximum Gasteiger partial charge on any atom is 0.282 e. The van der Waals surface area contributed by atoms with Gasteiger partial charge in [0.25, 0.3) is 5.69 Å². The average molecular weight is 331 g/mol. The van der Waals surface area contributed by atoms with Crippen molar-refractivity contribution in [3.8, 4) is 11.5 Å². The zero-order chi connectivity index (χ0) is 16.7. The van der Waals surface area contributed by atoms with E-state index in [4.69, 9.17) is 9.47 Å². The molecule has 1 aromatic rings. The van der Waals surface area contributed by atoms with E-state index in [9.17, 15) is 14.9 Å². The van der Waals surface area contributed by atoms with E-state index in [1.807, 2.05) is 0 Å². The Morgan fingerprint density at radius 3 is 2.58 bits per heavy atom. The Morgan fingerprint density at radius 2 is 1.92 bits per heavy atom. The number of hydrazone groups is 1. The van der Waals surface area contributed by atoms with Crippen LogP contribution in [0.4, 0.5) is 5.69 Å². The number of nitro benzene ring substituents is 1. The van der Waals surface area contributed by atoms with Gasteiger partial charge in [-0.1, -0.05) is 12.8 Å². The fourth-order valence-electron chi connectivity index (χ4n) is 3.83. The van der Waals surface area contributed by atoms with E-state index in [-0.39, 0.29) is 29.9 Å². The molecule has 1 N–H and O–H groups in total. The number of carbonyl (C=O) groups is 1. The van der Waals surface area contributed by atoms with Crippen LogP contribution in [0.15, 0.2) is 17.2 Å². The molecule has 1 aromatic carbocycles. The van der Waals surface area contributed by atoms with Crippen LogP contribution in [0.25, 0.3) is 0 Å². The fraction of sp³-hybridized carbons (Fsp3) is 0.500. The topological polar surface area (TPSA) is 103 Å². The van der Waals surface area contributed by atoms with Gasteiger partial charge in [-0.15, -0.1) is 0 Å². The summed E-state index contributed by atoms with van der Waals surface area (Å²) < 4.78 is 10.4. The number of amides is 1. The van der Waals surface area contributed by atoms with Crippen molar-refractivity contribution in [2.75, 3.05) is 6.79 Å². The third-order valence-corrected chi connectivity index (χ3v) is 5.06. The lowest BCUT2D eigenvalue weighted by Gasteiger charge is -2.04. The summed E-state index contributed by atoms with van der Waals surface area (Å²) >= 11 is 0. The van der Waals surface area contributed by atoms with Crippen LogP contribution in [0.3, 0.4) is 0 Å². The van der Waals surface area contributed by atoms with E-state index in [1.165, 1.54) is 31.2 Å². The molecule has 0 aromatic heterocycles. The SMILES string of the molecule is O=C(NN=Cc1cc2c(cc1[N+](=O)[O-])OCO2)C1C2CCCCC21. The number of fused-ring (bicyclic) bond motifs is 2. The molecular weight excluding hydrogens is 314 g/mol. The molecule has 3 aliphatic rings. The summed E-state index contributed by atoms with van der Waals surface area (Å²) in [6.45, 7) is 0.0360. The van der Waals surface area contributed by atoms with Crippen molar-refractivity contribution < 1.29 is 19.2 Å². The van der Waals surface area contributed by atoms with Crippen molar-refractivity contribution in [2.24, 2.45) is 22.9 Å². The molecule has 24 heavy (non-hydrogen) atoms. The van der Waals surface area contributed by atoms with Crippen molar-refractivity contribution in [1.82, 2.24) is 5.43 Å². The van der Waals surface area contributed by atoms with Crippen LogP contribution >= 0.6 is 0 Å². The van der Waals surface area contributed by atoms with Gasteiger partial charge in [0, 0.05) is 5.92 Å². The standard InChI is InChI=1S/C16H17N3O5/c20-16(15-10-3-1-2-4-11(10)15)18-17-7-9-5-13-14(24-8-23-13)6-12(9)19(21)22/h5-7,10-11,15H,1-4,8H2,(H,18,20). The number of nitrogens with one attached hydrogen (secondary N) is 1. The number of carbonyl (C=O) groups excluding carboxylic acids is 1. The van der Waals surface area contributed by atoms with Crippen LogP contribution in [-0.4, -0.2) is 23.8 Å². The molecule has 2 aliphatic carbocycles. The lowest BCUT2D eigenvalue weighted by molar-refractivity contribution is -0.385. The Hall–Kier alpha value is -2.64. The molecule has 2 atom stereocenters. The summed E-state index contributed by atoms with van der Waals surface area (Å²) in [5.74, 6) is 1.72. The number of nitrogens with zero attached hydrogens (tertiary/aromatic N) is 2. The van der Waals surface area contributed by atoms with E-state index >= 15 is 0 Å². The van der Waals surface area contributed by atoms with Gasteiger partial charge in [0.15, 0.2) is 11.5 Å². The molecule has 2 unspecified atom stereocenters. The first-order valence-electron chi connectivity index (χ1n) is 8.06. The highest BCUT2D eigenvalue weighted by molar-refractivity contribution is 5.89. The molecule has 2 fully saturated rings.